The van der Waals surface area contributed by atoms with E-state index in [2.05, 4.69) is 4.74 Å². The van der Waals surface area contributed by atoms with Crippen molar-refractivity contribution >= 4 is 21.8 Å². The molecule has 92 valence electrons. The number of rotatable bonds is 4. The molecule has 7 heteroatoms. The van der Waals surface area contributed by atoms with Crippen LogP contribution in [0.5, 0.6) is 0 Å². The zero-order chi connectivity index (χ0) is 12.2. The molecule has 0 spiro atoms. The van der Waals surface area contributed by atoms with Crippen LogP contribution in [0.25, 0.3) is 0 Å². The summed E-state index contributed by atoms with van der Waals surface area (Å²) in [6, 6.07) is 0. The molecule has 0 saturated carbocycles. The minimum atomic E-state index is -3.70. The molecule has 1 heterocycles. The fourth-order valence-electron chi connectivity index (χ4n) is 1.49. The number of hydrogen-bond donors (Lipinski definition) is 0. The fourth-order valence-corrected chi connectivity index (χ4v) is 2.80. The van der Waals surface area contributed by atoms with Crippen LogP contribution in [-0.2, 0) is 24.3 Å². The van der Waals surface area contributed by atoms with Gasteiger partial charge in [-0.15, -0.1) is 0 Å². The zero-order valence-electron chi connectivity index (χ0n) is 9.14. The van der Waals surface area contributed by atoms with Gasteiger partial charge >= 0.3 is 5.97 Å². The smallest absolute Gasteiger partial charge is 0.322 e. The third kappa shape index (κ3) is 3.57. The predicted octanol–water partition coefficient (Wildman–Crippen LogP) is -0.456. The summed E-state index contributed by atoms with van der Waals surface area (Å²) in [7, 11) is -3.70. The number of nitrogens with zero attached hydrogens (tertiary/aromatic N) is 1. The Morgan fingerprint density at radius 2 is 2.19 bits per heavy atom. The Morgan fingerprint density at radius 1 is 1.50 bits per heavy atom. The predicted molar refractivity (Wildman–Crippen MR) is 56.2 cm³/mol. The van der Waals surface area contributed by atoms with Crippen molar-refractivity contribution in [1.29, 1.82) is 0 Å². The summed E-state index contributed by atoms with van der Waals surface area (Å²) in [6.07, 6.45) is 0.923. The molecular weight excluding hydrogens is 234 g/mol. The molecule has 0 radical (unpaired) electrons. The summed E-state index contributed by atoms with van der Waals surface area (Å²) >= 11 is 0. The lowest BCUT2D eigenvalue weighted by molar-refractivity contribution is -0.140. The summed E-state index contributed by atoms with van der Waals surface area (Å²) in [6.45, 7) is 1.93. The van der Waals surface area contributed by atoms with Crippen LogP contribution in [0.4, 0.5) is 0 Å². The molecule has 6 nitrogen and oxygen atoms in total. The molecule has 0 atom stereocenters. The Hall–Kier alpha value is -0.950. The Balaban J connectivity index is 2.62. The number of esters is 1. The Bertz CT molecular complexity index is 375. The third-order valence-electron chi connectivity index (χ3n) is 2.21. The van der Waals surface area contributed by atoms with E-state index >= 15 is 0 Å². The highest BCUT2D eigenvalue weighted by molar-refractivity contribution is 7.89. The van der Waals surface area contributed by atoms with E-state index in [1.165, 1.54) is 0 Å². The van der Waals surface area contributed by atoms with Crippen molar-refractivity contribution in [1.82, 2.24) is 4.31 Å². The first kappa shape index (κ1) is 13.1. The maximum Gasteiger partial charge on any atom is 0.322 e. The van der Waals surface area contributed by atoms with Crippen molar-refractivity contribution in [2.24, 2.45) is 0 Å². The van der Waals surface area contributed by atoms with E-state index in [0.29, 0.717) is 19.4 Å². The maximum atomic E-state index is 11.7. The normalized spacial score (nSPS) is 18.4. The number of sulfonamides is 1. The van der Waals surface area contributed by atoms with Gasteiger partial charge < -0.3 is 4.74 Å². The molecule has 0 aromatic heterocycles. The second kappa shape index (κ2) is 5.40. The first-order chi connectivity index (χ1) is 7.45. The second-order valence-corrected chi connectivity index (χ2v) is 5.51. The fraction of sp³-hybridized carbons (Fsp3) is 0.778. The number of carbonyl (C=O) groups excluding carboxylic acids is 2. The molecule has 0 bridgehead atoms. The molecule has 0 N–H and O–H groups in total. The quantitative estimate of drug-likeness (QED) is 0.630. The van der Waals surface area contributed by atoms with Crippen molar-refractivity contribution < 1.29 is 22.7 Å². The molecule has 0 unspecified atom stereocenters. The van der Waals surface area contributed by atoms with Crippen molar-refractivity contribution in [3.63, 3.8) is 0 Å². The largest absolute Gasteiger partial charge is 0.465 e. The minimum Gasteiger partial charge on any atom is -0.465 e. The van der Waals surface area contributed by atoms with Crippen LogP contribution >= 0.6 is 0 Å². The lowest BCUT2D eigenvalue weighted by atomic mass is 10.1. The summed E-state index contributed by atoms with van der Waals surface area (Å²) < 4.78 is 29.0. The van der Waals surface area contributed by atoms with Gasteiger partial charge in [-0.2, -0.15) is 4.31 Å². The highest BCUT2D eigenvalue weighted by atomic mass is 32.2. The van der Waals surface area contributed by atoms with Crippen LogP contribution in [-0.4, -0.2) is 49.9 Å². The monoisotopic (exact) mass is 249 g/mol. The highest BCUT2D eigenvalue weighted by Gasteiger charge is 2.29. The molecule has 0 amide bonds. The lowest BCUT2D eigenvalue weighted by Gasteiger charge is -2.24. The summed E-state index contributed by atoms with van der Waals surface area (Å²) in [5.41, 5.74) is 0. The molecule has 1 saturated heterocycles. The van der Waals surface area contributed by atoms with Crippen molar-refractivity contribution in [2.45, 2.75) is 19.8 Å². The van der Waals surface area contributed by atoms with Gasteiger partial charge in [-0.05, 0) is 13.3 Å². The SMILES string of the molecule is CCOC(=O)CS(=O)(=O)N1CCCC(=O)C1. The van der Waals surface area contributed by atoms with E-state index in [0.717, 1.165) is 4.31 Å². The first-order valence-electron chi connectivity index (χ1n) is 5.11. The summed E-state index contributed by atoms with van der Waals surface area (Å²) in [5.74, 6) is -1.58. The lowest BCUT2D eigenvalue weighted by Crippen LogP contribution is -2.42. The van der Waals surface area contributed by atoms with Crippen LogP contribution < -0.4 is 0 Å². The Kier molecular flexibility index (Phi) is 4.43. The van der Waals surface area contributed by atoms with Gasteiger partial charge in [0.1, 0.15) is 5.78 Å². The van der Waals surface area contributed by atoms with Crippen LogP contribution in [0, 0.1) is 0 Å². The first-order valence-corrected chi connectivity index (χ1v) is 6.72. The van der Waals surface area contributed by atoms with Gasteiger partial charge in [-0.1, -0.05) is 0 Å². The zero-order valence-corrected chi connectivity index (χ0v) is 9.96. The van der Waals surface area contributed by atoms with E-state index in [1.54, 1.807) is 6.92 Å². The average molecular weight is 249 g/mol. The maximum absolute atomic E-state index is 11.7. The third-order valence-corrected chi connectivity index (χ3v) is 3.91. The standard InChI is InChI=1S/C9H15NO5S/c1-2-15-9(12)7-16(13,14)10-5-3-4-8(11)6-10/h2-7H2,1H3. The van der Waals surface area contributed by atoms with Crippen LogP contribution in [0.1, 0.15) is 19.8 Å². The van der Waals surface area contributed by atoms with E-state index in [-0.39, 0.29) is 18.9 Å². The summed E-state index contributed by atoms with van der Waals surface area (Å²) in [4.78, 5) is 22.2. The summed E-state index contributed by atoms with van der Waals surface area (Å²) in [5, 5.41) is 0. The van der Waals surface area contributed by atoms with Gasteiger partial charge in [-0.25, -0.2) is 8.42 Å². The molecule has 0 aliphatic carbocycles. The number of carbonyl (C=O) groups is 2. The van der Waals surface area contributed by atoms with Gasteiger partial charge in [0.15, 0.2) is 5.75 Å². The number of piperidine rings is 1. The van der Waals surface area contributed by atoms with E-state index in [1.807, 2.05) is 0 Å². The van der Waals surface area contributed by atoms with Gasteiger partial charge in [-0.3, -0.25) is 9.59 Å². The molecular formula is C9H15NO5S. The molecule has 0 aromatic rings. The number of ketones is 1. The van der Waals surface area contributed by atoms with E-state index in [4.69, 9.17) is 0 Å². The van der Waals surface area contributed by atoms with Gasteiger partial charge in [0.05, 0.1) is 13.2 Å². The molecule has 1 aliphatic heterocycles. The van der Waals surface area contributed by atoms with Crippen molar-refractivity contribution in [2.75, 3.05) is 25.4 Å². The molecule has 16 heavy (non-hydrogen) atoms. The molecule has 0 aromatic carbocycles. The topological polar surface area (TPSA) is 80.8 Å². The Labute approximate surface area is 94.6 Å². The van der Waals surface area contributed by atoms with E-state index < -0.39 is 21.7 Å². The number of ether oxygens (including phenoxy) is 1. The van der Waals surface area contributed by atoms with Gasteiger partial charge in [0.25, 0.3) is 0 Å². The van der Waals surface area contributed by atoms with Crippen molar-refractivity contribution in [3.8, 4) is 0 Å². The van der Waals surface area contributed by atoms with Crippen LogP contribution in [0.3, 0.4) is 0 Å². The van der Waals surface area contributed by atoms with Gasteiger partial charge in [0, 0.05) is 13.0 Å². The number of hydrogen-bond acceptors (Lipinski definition) is 5. The van der Waals surface area contributed by atoms with Gasteiger partial charge in [0.2, 0.25) is 10.0 Å². The number of Topliss-reactive ketones (excluding diaryl/α,β-unsaturated/α-hetero) is 1. The van der Waals surface area contributed by atoms with Crippen LogP contribution in [0.15, 0.2) is 0 Å². The molecule has 1 fully saturated rings. The van der Waals surface area contributed by atoms with Crippen molar-refractivity contribution in [3.05, 3.63) is 0 Å². The second-order valence-electron chi connectivity index (χ2n) is 3.54. The molecule has 1 aliphatic rings. The average Bonchev–Trinajstić information content (AvgIpc) is 2.17. The Morgan fingerprint density at radius 3 is 2.75 bits per heavy atom. The van der Waals surface area contributed by atoms with E-state index in [9.17, 15) is 18.0 Å². The highest BCUT2D eigenvalue weighted by Crippen LogP contribution is 2.11. The minimum absolute atomic E-state index is 0.112. The molecule has 1 rings (SSSR count). The van der Waals surface area contributed by atoms with Crippen LogP contribution in [0.2, 0.25) is 0 Å².